The van der Waals surface area contributed by atoms with Crippen molar-refractivity contribution in [3.63, 3.8) is 0 Å². The van der Waals surface area contributed by atoms with Crippen molar-refractivity contribution in [2.24, 2.45) is 23.7 Å². The molecule has 7 nitrogen and oxygen atoms in total. The summed E-state index contributed by atoms with van der Waals surface area (Å²) in [6.07, 6.45) is 2.83. The van der Waals surface area contributed by atoms with E-state index < -0.39 is 17.6 Å². The minimum Gasteiger partial charge on any atom is -0.508 e. The van der Waals surface area contributed by atoms with Crippen LogP contribution >= 0.6 is 0 Å². The number of piperidine rings is 1. The van der Waals surface area contributed by atoms with E-state index in [9.17, 15) is 19.8 Å². The number of aliphatic hydroxyl groups is 1. The lowest BCUT2D eigenvalue weighted by Crippen LogP contribution is -2.53. The van der Waals surface area contributed by atoms with Crippen molar-refractivity contribution in [2.75, 3.05) is 13.1 Å². The lowest BCUT2D eigenvalue weighted by atomic mass is 9.64. The normalized spacial score (nSPS) is 34.5. The minimum absolute atomic E-state index is 0.0508. The molecule has 0 spiro atoms. The zero-order valence-corrected chi connectivity index (χ0v) is 21.3. The molecular formula is C30H36N2O5. The Morgan fingerprint density at radius 1 is 0.973 bits per heavy atom. The van der Waals surface area contributed by atoms with Crippen LogP contribution < -0.4 is 0 Å². The van der Waals surface area contributed by atoms with E-state index in [0.717, 1.165) is 38.0 Å². The molecule has 2 amide bonds. The van der Waals surface area contributed by atoms with Crippen LogP contribution in [0.4, 0.5) is 0 Å². The van der Waals surface area contributed by atoms with Crippen LogP contribution in [0.1, 0.15) is 56.3 Å². The summed E-state index contributed by atoms with van der Waals surface area (Å²) in [4.78, 5) is 31.6. The van der Waals surface area contributed by atoms with E-state index in [0.29, 0.717) is 19.3 Å². The van der Waals surface area contributed by atoms with Gasteiger partial charge in [0.05, 0.1) is 17.9 Å². The molecule has 4 aliphatic rings. The summed E-state index contributed by atoms with van der Waals surface area (Å²) in [5, 5.41) is 21.5. The second-order valence-corrected chi connectivity index (χ2v) is 11.3. The second kappa shape index (κ2) is 9.53. The fourth-order valence-corrected chi connectivity index (χ4v) is 7.40. The Labute approximate surface area is 218 Å². The van der Waals surface area contributed by atoms with Crippen LogP contribution in [-0.4, -0.2) is 56.7 Å². The molecule has 37 heavy (non-hydrogen) atoms. The van der Waals surface area contributed by atoms with E-state index in [1.54, 1.807) is 29.2 Å². The Kier molecular flexibility index (Phi) is 6.33. The summed E-state index contributed by atoms with van der Waals surface area (Å²) in [7, 11) is 0. The van der Waals surface area contributed by atoms with Gasteiger partial charge in [0.25, 0.3) is 0 Å². The summed E-state index contributed by atoms with van der Waals surface area (Å²) in [5.74, 6) is -2.97. The van der Waals surface area contributed by atoms with Crippen LogP contribution in [0.3, 0.4) is 0 Å². The monoisotopic (exact) mass is 504 g/mol. The highest BCUT2D eigenvalue weighted by Crippen LogP contribution is 2.59. The zero-order valence-electron chi connectivity index (χ0n) is 21.3. The topological polar surface area (TPSA) is 90.3 Å². The third-order valence-corrected chi connectivity index (χ3v) is 9.33. The van der Waals surface area contributed by atoms with E-state index in [2.05, 4.69) is 29.2 Å². The van der Waals surface area contributed by atoms with Crippen LogP contribution in [-0.2, 0) is 20.9 Å². The average Bonchev–Trinajstić information content (AvgIpc) is 3.39. The lowest BCUT2D eigenvalue weighted by molar-refractivity contribution is -0.269. The molecule has 2 aromatic carbocycles. The molecule has 3 heterocycles. The molecule has 0 bridgehead atoms. The van der Waals surface area contributed by atoms with Crippen molar-refractivity contribution in [1.82, 2.24) is 9.80 Å². The first-order valence-corrected chi connectivity index (χ1v) is 13.7. The maximum Gasteiger partial charge on any atom is 0.233 e. The van der Waals surface area contributed by atoms with Crippen molar-refractivity contribution < 1.29 is 24.5 Å². The molecule has 2 aromatic rings. The van der Waals surface area contributed by atoms with Gasteiger partial charge in [-0.3, -0.25) is 19.4 Å². The lowest BCUT2D eigenvalue weighted by Gasteiger charge is -2.44. The highest BCUT2D eigenvalue weighted by Gasteiger charge is 2.66. The van der Waals surface area contributed by atoms with E-state index in [1.165, 1.54) is 5.56 Å². The van der Waals surface area contributed by atoms with Gasteiger partial charge in [0.1, 0.15) is 5.75 Å². The van der Waals surface area contributed by atoms with Gasteiger partial charge in [0.2, 0.25) is 11.8 Å². The SMILES string of the molecule is CC[C@H]1C[C@@H]2C(=O)N(C3CCN(Cc4ccccc4)CC3)C(=O)[C@@H]2[C@@H]2C[C@@H](c3ccc(O)cc3)O[C@]12O. The highest BCUT2D eigenvalue weighted by molar-refractivity contribution is 6.05. The number of aromatic hydroxyl groups is 1. The molecule has 196 valence electrons. The number of carbonyl (C=O) groups is 2. The van der Waals surface area contributed by atoms with Crippen molar-refractivity contribution in [2.45, 2.75) is 63.5 Å². The number of amides is 2. The summed E-state index contributed by atoms with van der Waals surface area (Å²) in [6, 6.07) is 17.1. The number of rotatable bonds is 5. The predicted octanol–water partition coefficient (Wildman–Crippen LogP) is 3.85. The molecule has 6 atom stereocenters. The van der Waals surface area contributed by atoms with Gasteiger partial charge in [-0.15, -0.1) is 0 Å². The van der Waals surface area contributed by atoms with Crippen LogP contribution in [0.5, 0.6) is 5.75 Å². The molecule has 2 N–H and O–H groups in total. The third kappa shape index (κ3) is 4.17. The molecule has 1 aliphatic carbocycles. The standard InChI is InChI=1S/C30H36N2O5/c1-2-21-16-24-27(25-17-26(37-30(21,25)36)20-8-10-23(33)11-9-20)29(35)32(28(24)34)22-12-14-31(15-13-22)18-19-6-4-3-5-7-19/h3-11,21-22,24-27,33,36H,2,12-18H2,1H3/t21-,24-,25-,26-,27-,30+/m0/s1. The molecule has 6 rings (SSSR count). The number of hydrogen-bond acceptors (Lipinski definition) is 6. The van der Waals surface area contributed by atoms with Gasteiger partial charge in [-0.1, -0.05) is 49.4 Å². The van der Waals surface area contributed by atoms with Gasteiger partial charge in [0, 0.05) is 37.5 Å². The third-order valence-electron chi connectivity index (χ3n) is 9.33. The summed E-state index contributed by atoms with van der Waals surface area (Å²) in [6.45, 7) is 4.59. The molecule has 0 aromatic heterocycles. The van der Waals surface area contributed by atoms with Gasteiger partial charge < -0.3 is 14.9 Å². The Bertz CT molecular complexity index is 1150. The molecule has 3 saturated heterocycles. The van der Waals surface area contributed by atoms with Gasteiger partial charge in [-0.05, 0) is 55.4 Å². The smallest absolute Gasteiger partial charge is 0.233 e. The van der Waals surface area contributed by atoms with E-state index >= 15 is 0 Å². The van der Waals surface area contributed by atoms with E-state index in [-0.39, 0.29) is 41.5 Å². The Morgan fingerprint density at radius 2 is 1.68 bits per heavy atom. The molecule has 0 radical (unpaired) electrons. The van der Waals surface area contributed by atoms with Crippen LogP contribution in [0.25, 0.3) is 0 Å². The minimum atomic E-state index is -1.43. The fraction of sp³-hybridized carbons (Fsp3) is 0.533. The molecule has 3 aliphatic heterocycles. The number of ether oxygens (including phenoxy) is 1. The number of benzene rings is 2. The van der Waals surface area contributed by atoms with Gasteiger partial charge >= 0.3 is 0 Å². The second-order valence-electron chi connectivity index (χ2n) is 11.3. The number of fused-ring (bicyclic) bond motifs is 3. The first-order valence-electron chi connectivity index (χ1n) is 13.7. The molecule has 7 heteroatoms. The van der Waals surface area contributed by atoms with Crippen LogP contribution in [0, 0.1) is 23.7 Å². The fourth-order valence-electron chi connectivity index (χ4n) is 7.40. The van der Waals surface area contributed by atoms with E-state index in [1.807, 2.05) is 13.0 Å². The number of likely N-dealkylation sites (tertiary alicyclic amines) is 2. The number of imide groups is 1. The average molecular weight is 505 g/mol. The molecule has 0 unspecified atom stereocenters. The maximum absolute atomic E-state index is 13.9. The number of nitrogens with zero attached hydrogens (tertiary/aromatic N) is 2. The first kappa shape index (κ1) is 24.6. The molecule has 4 fully saturated rings. The van der Waals surface area contributed by atoms with Gasteiger partial charge in [0.15, 0.2) is 5.79 Å². The van der Waals surface area contributed by atoms with Crippen molar-refractivity contribution in [1.29, 1.82) is 0 Å². The number of carbonyl (C=O) groups excluding carboxylic acids is 2. The first-order chi connectivity index (χ1) is 17.9. The quantitative estimate of drug-likeness (QED) is 0.601. The Morgan fingerprint density at radius 3 is 2.35 bits per heavy atom. The zero-order chi connectivity index (χ0) is 25.7. The molecular weight excluding hydrogens is 468 g/mol. The van der Waals surface area contributed by atoms with Crippen molar-refractivity contribution in [3.8, 4) is 5.75 Å². The van der Waals surface area contributed by atoms with Crippen molar-refractivity contribution >= 4 is 11.8 Å². The highest BCUT2D eigenvalue weighted by atomic mass is 16.6. The van der Waals surface area contributed by atoms with Gasteiger partial charge in [-0.25, -0.2) is 0 Å². The van der Waals surface area contributed by atoms with Crippen LogP contribution in [0.2, 0.25) is 0 Å². The molecule has 1 saturated carbocycles. The van der Waals surface area contributed by atoms with Crippen molar-refractivity contribution in [3.05, 3.63) is 65.7 Å². The van der Waals surface area contributed by atoms with Gasteiger partial charge in [-0.2, -0.15) is 0 Å². The Hall–Kier alpha value is -2.74. The Balaban J connectivity index is 1.20. The summed E-state index contributed by atoms with van der Waals surface area (Å²) < 4.78 is 6.31. The maximum atomic E-state index is 13.9. The van der Waals surface area contributed by atoms with E-state index in [4.69, 9.17) is 4.74 Å². The number of hydrogen-bond donors (Lipinski definition) is 2. The van der Waals surface area contributed by atoms with Crippen LogP contribution in [0.15, 0.2) is 54.6 Å². The predicted molar refractivity (Wildman–Crippen MR) is 137 cm³/mol. The summed E-state index contributed by atoms with van der Waals surface area (Å²) >= 11 is 0. The largest absolute Gasteiger partial charge is 0.508 e. The summed E-state index contributed by atoms with van der Waals surface area (Å²) in [5.41, 5.74) is 2.14. The number of phenols is 1. The number of phenolic OH excluding ortho intramolecular Hbond substituents is 1.